The van der Waals surface area contributed by atoms with Crippen LogP contribution in [0.5, 0.6) is 0 Å². The molecule has 5 rings (SSSR count). The molecule has 181 valence electrons. The largest absolute Gasteiger partial charge is 0.369 e. The standard InChI is InChI=1S/C28H27N6O2/c1-33-12-14-34(15-13-33)24-10-8-21(9-11-24)28(36)32-23-6-2-4-20(16-23)17-29-27-25-7-3-5-22(18-35)26(25)30-19-31-27/h2-11,16,19H,12-15,17H2,1H3,(H,32,36)(H,29,30,31). The van der Waals surface area contributed by atoms with Crippen molar-refractivity contribution in [3.05, 3.63) is 89.7 Å². The minimum Gasteiger partial charge on any atom is -0.369 e. The molecule has 0 atom stereocenters. The molecule has 0 unspecified atom stereocenters. The Morgan fingerprint density at radius 2 is 1.75 bits per heavy atom. The zero-order valence-electron chi connectivity index (χ0n) is 20.1. The first-order valence-electron chi connectivity index (χ1n) is 11.9. The van der Waals surface area contributed by atoms with Gasteiger partial charge in [-0.2, -0.15) is 0 Å². The molecule has 1 amide bonds. The summed E-state index contributed by atoms with van der Waals surface area (Å²) in [5.41, 5.74) is 4.41. The second kappa shape index (κ2) is 10.5. The van der Waals surface area contributed by atoms with Crippen LogP contribution in [0.1, 0.15) is 21.5 Å². The van der Waals surface area contributed by atoms with Crippen LogP contribution in [0.15, 0.2) is 73.1 Å². The number of hydrogen-bond donors (Lipinski definition) is 2. The summed E-state index contributed by atoms with van der Waals surface area (Å²) >= 11 is 0. The monoisotopic (exact) mass is 479 g/mol. The van der Waals surface area contributed by atoms with E-state index in [9.17, 15) is 9.59 Å². The number of fused-ring (bicyclic) bond motifs is 1. The number of nitrogens with one attached hydrogen (secondary N) is 2. The van der Waals surface area contributed by atoms with E-state index in [1.807, 2.05) is 60.9 Å². The number of benzene rings is 3. The van der Waals surface area contributed by atoms with Gasteiger partial charge in [0.2, 0.25) is 6.29 Å². The third kappa shape index (κ3) is 5.18. The Labute approximate surface area is 210 Å². The van der Waals surface area contributed by atoms with E-state index in [1.165, 1.54) is 6.33 Å². The van der Waals surface area contributed by atoms with Crippen LogP contribution < -0.4 is 15.5 Å². The van der Waals surface area contributed by atoms with Gasteiger partial charge < -0.3 is 20.4 Å². The quantitative estimate of drug-likeness (QED) is 0.418. The smallest absolute Gasteiger partial charge is 0.255 e. The lowest BCUT2D eigenvalue weighted by Gasteiger charge is -2.34. The Bertz CT molecular complexity index is 1380. The number of para-hydroxylation sites is 1. The van der Waals surface area contributed by atoms with Gasteiger partial charge in [-0.05, 0) is 61.1 Å². The molecule has 1 fully saturated rings. The third-order valence-electron chi connectivity index (χ3n) is 6.42. The lowest BCUT2D eigenvalue weighted by atomic mass is 10.1. The zero-order chi connectivity index (χ0) is 24.9. The Morgan fingerprint density at radius 1 is 0.972 bits per heavy atom. The molecule has 1 saturated heterocycles. The molecule has 0 spiro atoms. The Morgan fingerprint density at radius 3 is 2.53 bits per heavy atom. The minimum atomic E-state index is -0.149. The van der Waals surface area contributed by atoms with Crippen molar-refractivity contribution >= 4 is 40.3 Å². The van der Waals surface area contributed by atoms with Gasteiger partial charge in [-0.3, -0.25) is 9.59 Å². The molecule has 0 aliphatic carbocycles. The van der Waals surface area contributed by atoms with Crippen LogP contribution in [0.25, 0.3) is 10.9 Å². The fraction of sp³-hybridized carbons (Fsp3) is 0.214. The molecule has 36 heavy (non-hydrogen) atoms. The highest BCUT2D eigenvalue weighted by atomic mass is 16.1. The minimum absolute atomic E-state index is 0.149. The molecule has 4 aromatic rings. The topological polar surface area (TPSA) is 90.5 Å². The van der Waals surface area contributed by atoms with Gasteiger partial charge in [0.15, 0.2) is 0 Å². The van der Waals surface area contributed by atoms with Crippen LogP contribution in [0, 0.1) is 0 Å². The maximum atomic E-state index is 12.8. The van der Waals surface area contributed by atoms with Crippen molar-refractivity contribution in [3.63, 3.8) is 0 Å². The third-order valence-corrected chi connectivity index (χ3v) is 6.42. The molecule has 3 aromatic carbocycles. The van der Waals surface area contributed by atoms with E-state index in [0.29, 0.717) is 34.7 Å². The van der Waals surface area contributed by atoms with Gasteiger partial charge in [0.05, 0.1) is 11.1 Å². The number of hydrogen-bond acceptors (Lipinski definition) is 7. The number of nitrogens with zero attached hydrogens (tertiary/aromatic N) is 4. The molecule has 1 radical (unpaired) electrons. The molecule has 0 bridgehead atoms. The summed E-state index contributed by atoms with van der Waals surface area (Å²) in [7, 11) is 2.14. The van der Waals surface area contributed by atoms with E-state index in [1.54, 1.807) is 12.1 Å². The van der Waals surface area contributed by atoms with Crippen LogP contribution in [0.4, 0.5) is 17.2 Å². The average molecular weight is 480 g/mol. The van der Waals surface area contributed by atoms with Gasteiger partial charge >= 0.3 is 0 Å². The first kappa shape index (κ1) is 23.4. The van der Waals surface area contributed by atoms with Crippen LogP contribution >= 0.6 is 0 Å². The average Bonchev–Trinajstić information content (AvgIpc) is 2.92. The molecule has 2 heterocycles. The van der Waals surface area contributed by atoms with Gasteiger partial charge in [0.1, 0.15) is 12.1 Å². The SMILES string of the molecule is CN1CCN(c2ccc(C(=O)Nc3cccc(CNc4ncnc5c([C]=O)cccc45)c3)cc2)CC1. The fourth-order valence-electron chi connectivity index (χ4n) is 4.35. The van der Waals surface area contributed by atoms with E-state index < -0.39 is 0 Å². The Kier molecular flexibility index (Phi) is 6.86. The predicted octanol–water partition coefficient (Wildman–Crippen LogP) is 3.70. The summed E-state index contributed by atoms with van der Waals surface area (Å²) in [6.07, 6.45) is 3.35. The van der Waals surface area contributed by atoms with Gasteiger partial charge in [0.25, 0.3) is 5.91 Å². The van der Waals surface area contributed by atoms with E-state index >= 15 is 0 Å². The van der Waals surface area contributed by atoms with Crippen molar-refractivity contribution < 1.29 is 9.59 Å². The molecule has 2 N–H and O–H groups in total. The van der Waals surface area contributed by atoms with E-state index in [2.05, 4.69) is 37.4 Å². The van der Waals surface area contributed by atoms with E-state index in [0.717, 1.165) is 42.8 Å². The highest BCUT2D eigenvalue weighted by molar-refractivity contribution is 6.04. The molecule has 8 heteroatoms. The van der Waals surface area contributed by atoms with Crippen molar-refractivity contribution in [2.45, 2.75) is 6.54 Å². The Balaban J connectivity index is 1.23. The summed E-state index contributed by atoms with van der Waals surface area (Å²) < 4.78 is 0. The summed E-state index contributed by atoms with van der Waals surface area (Å²) in [4.78, 5) is 37.2. The number of aromatic nitrogens is 2. The maximum Gasteiger partial charge on any atom is 0.255 e. The first-order chi connectivity index (χ1) is 17.6. The van der Waals surface area contributed by atoms with Crippen LogP contribution in [0.3, 0.4) is 0 Å². The normalized spacial score (nSPS) is 14.0. The van der Waals surface area contributed by atoms with Crippen LogP contribution in [-0.4, -0.2) is 60.3 Å². The Hall–Kier alpha value is -4.30. The number of carbonyl (C=O) groups is 1. The maximum absolute atomic E-state index is 12.8. The van der Waals surface area contributed by atoms with Crippen LogP contribution in [-0.2, 0) is 11.3 Å². The molecular weight excluding hydrogens is 452 g/mol. The van der Waals surface area contributed by atoms with Crippen molar-refractivity contribution in [1.29, 1.82) is 0 Å². The number of amides is 1. The van der Waals surface area contributed by atoms with Crippen LogP contribution in [0.2, 0.25) is 0 Å². The van der Waals surface area contributed by atoms with Crippen molar-refractivity contribution in [1.82, 2.24) is 14.9 Å². The molecule has 8 nitrogen and oxygen atoms in total. The number of likely N-dealkylation sites (N-methyl/N-ethyl adjacent to an activating group) is 1. The van der Waals surface area contributed by atoms with Gasteiger partial charge in [-0.25, -0.2) is 9.97 Å². The summed E-state index contributed by atoms with van der Waals surface area (Å²) in [6.45, 7) is 4.55. The number of anilines is 3. The molecule has 1 aliphatic rings. The molecule has 1 aromatic heterocycles. The summed E-state index contributed by atoms with van der Waals surface area (Å²) in [6, 6.07) is 20.8. The van der Waals surface area contributed by atoms with Gasteiger partial charge in [0, 0.05) is 55.0 Å². The predicted molar refractivity (Wildman–Crippen MR) is 142 cm³/mol. The van der Waals surface area contributed by atoms with Gasteiger partial charge in [-0.1, -0.05) is 18.2 Å². The zero-order valence-corrected chi connectivity index (χ0v) is 20.1. The van der Waals surface area contributed by atoms with Gasteiger partial charge in [-0.15, -0.1) is 0 Å². The summed E-state index contributed by atoms with van der Waals surface area (Å²) in [5.74, 6) is 0.483. The fourth-order valence-corrected chi connectivity index (χ4v) is 4.35. The van der Waals surface area contributed by atoms with Crippen molar-refractivity contribution in [2.24, 2.45) is 0 Å². The first-order valence-corrected chi connectivity index (χ1v) is 11.9. The highest BCUT2D eigenvalue weighted by Gasteiger charge is 2.15. The van der Waals surface area contributed by atoms with Crippen molar-refractivity contribution in [3.8, 4) is 0 Å². The van der Waals surface area contributed by atoms with E-state index in [-0.39, 0.29) is 5.91 Å². The molecule has 0 saturated carbocycles. The second-order valence-electron chi connectivity index (χ2n) is 8.87. The van der Waals surface area contributed by atoms with Crippen molar-refractivity contribution in [2.75, 3.05) is 48.8 Å². The number of rotatable bonds is 7. The summed E-state index contributed by atoms with van der Waals surface area (Å²) in [5, 5.41) is 7.05. The highest BCUT2D eigenvalue weighted by Crippen LogP contribution is 2.23. The number of piperazine rings is 1. The number of carbonyl (C=O) groups excluding carboxylic acids is 2. The molecule has 1 aliphatic heterocycles. The lowest BCUT2D eigenvalue weighted by molar-refractivity contribution is 0.102. The van der Waals surface area contributed by atoms with E-state index in [4.69, 9.17) is 0 Å². The molecular formula is C28H27N6O2. The second-order valence-corrected chi connectivity index (χ2v) is 8.87. The lowest BCUT2D eigenvalue weighted by Crippen LogP contribution is -2.44.